The molecule has 0 saturated carbocycles. The number of urea groups is 1. The van der Waals surface area contributed by atoms with Crippen LogP contribution in [0.4, 0.5) is 26.4 Å². The maximum Gasteiger partial charge on any atom is 0.323 e. The number of carbonyl (C=O) groups excluding carboxylic acids is 1. The van der Waals surface area contributed by atoms with Crippen LogP contribution in [0.2, 0.25) is 0 Å². The standard InChI is InChI=1S/C24H25FN8O/c1-14-3-2-4-16(11-14)30-24(34)31-19-6-5-15(12-18(19)25)21-20-22(26)28-13-29-23(20)33(32-21)17-7-9-27-10-8-17/h2-6,11-13,17,27H,7-10H2,1H3,(H2,26,28,29)(H2,30,31,34). The van der Waals surface area contributed by atoms with Gasteiger partial charge in [-0.25, -0.2) is 23.8 Å². The summed E-state index contributed by atoms with van der Waals surface area (Å²) in [6, 6.07) is 11.5. The number of nitrogens with two attached hydrogens (primary N) is 1. The Morgan fingerprint density at radius 2 is 1.97 bits per heavy atom. The van der Waals surface area contributed by atoms with Gasteiger partial charge in [0.2, 0.25) is 0 Å². The number of anilines is 3. The van der Waals surface area contributed by atoms with Crippen molar-refractivity contribution in [3.8, 4) is 11.3 Å². The number of nitrogens with one attached hydrogen (secondary N) is 3. The fraction of sp³-hybridized carbons (Fsp3) is 0.250. The van der Waals surface area contributed by atoms with E-state index < -0.39 is 11.8 Å². The molecule has 9 nitrogen and oxygen atoms in total. The van der Waals surface area contributed by atoms with Crippen LogP contribution in [0.5, 0.6) is 0 Å². The summed E-state index contributed by atoms with van der Waals surface area (Å²) in [4.78, 5) is 20.9. The van der Waals surface area contributed by atoms with E-state index in [1.54, 1.807) is 12.1 Å². The average Bonchev–Trinajstić information content (AvgIpc) is 3.22. The highest BCUT2D eigenvalue weighted by molar-refractivity contribution is 6.01. The molecule has 0 bridgehead atoms. The number of fused-ring (bicyclic) bond motifs is 1. The second kappa shape index (κ2) is 9.06. The van der Waals surface area contributed by atoms with Crippen LogP contribution in [0.1, 0.15) is 24.4 Å². The van der Waals surface area contributed by atoms with Gasteiger partial charge >= 0.3 is 6.03 Å². The van der Waals surface area contributed by atoms with Crippen LogP contribution in [-0.4, -0.2) is 38.9 Å². The van der Waals surface area contributed by atoms with Crippen LogP contribution in [0.3, 0.4) is 0 Å². The molecule has 174 valence electrons. The molecule has 2 aromatic carbocycles. The largest absolute Gasteiger partial charge is 0.383 e. The minimum atomic E-state index is -0.586. The summed E-state index contributed by atoms with van der Waals surface area (Å²) in [6.45, 7) is 3.71. The Labute approximate surface area is 195 Å². The van der Waals surface area contributed by atoms with Crippen molar-refractivity contribution in [3.63, 3.8) is 0 Å². The molecular weight excluding hydrogens is 435 g/mol. The second-order valence-corrected chi connectivity index (χ2v) is 8.38. The Morgan fingerprint density at radius 1 is 1.15 bits per heavy atom. The first kappa shape index (κ1) is 21.8. The number of hydrogen-bond donors (Lipinski definition) is 4. The van der Waals surface area contributed by atoms with Gasteiger partial charge in [0.15, 0.2) is 5.65 Å². The van der Waals surface area contributed by atoms with Gasteiger partial charge in [0.1, 0.15) is 23.7 Å². The van der Waals surface area contributed by atoms with E-state index in [4.69, 9.17) is 10.8 Å². The van der Waals surface area contributed by atoms with Gasteiger partial charge in [0.05, 0.1) is 17.1 Å². The minimum absolute atomic E-state index is 0.0558. The molecule has 34 heavy (non-hydrogen) atoms. The molecule has 10 heteroatoms. The van der Waals surface area contributed by atoms with Crippen LogP contribution in [0, 0.1) is 12.7 Å². The molecule has 1 aliphatic heterocycles. The SMILES string of the molecule is Cc1cccc(NC(=O)Nc2ccc(-c3nn(C4CCNCC4)c4ncnc(N)c34)cc2F)c1. The smallest absolute Gasteiger partial charge is 0.323 e. The molecule has 3 heterocycles. The molecule has 5 rings (SSSR count). The van der Waals surface area contributed by atoms with Crippen molar-refractivity contribution in [2.75, 3.05) is 29.5 Å². The number of hydrogen-bond acceptors (Lipinski definition) is 6. The maximum atomic E-state index is 15.0. The fourth-order valence-electron chi connectivity index (χ4n) is 4.27. The highest BCUT2D eigenvalue weighted by atomic mass is 19.1. The lowest BCUT2D eigenvalue weighted by molar-refractivity contribution is 0.262. The van der Waals surface area contributed by atoms with Crippen LogP contribution in [0.15, 0.2) is 48.8 Å². The first-order valence-electron chi connectivity index (χ1n) is 11.1. The van der Waals surface area contributed by atoms with Gasteiger partial charge in [-0.15, -0.1) is 0 Å². The number of nitrogens with zero attached hydrogens (tertiary/aromatic N) is 4. The molecule has 4 aromatic rings. The van der Waals surface area contributed by atoms with E-state index in [2.05, 4.69) is 25.9 Å². The third-order valence-corrected chi connectivity index (χ3v) is 5.94. The number of amides is 2. The Balaban J connectivity index is 1.44. The Bertz CT molecular complexity index is 1360. The summed E-state index contributed by atoms with van der Waals surface area (Å²) in [6.07, 6.45) is 3.24. The van der Waals surface area contributed by atoms with Crippen molar-refractivity contribution < 1.29 is 9.18 Å². The normalized spacial score (nSPS) is 14.3. The van der Waals surface area contributed by atoms with Crippen LogP contribution in [-0.2, 0) is 0 Å². The maximum absolute atomic E-state index is 15.0. The molecule has 0 spiro atoms. The summed E-state index contributed by atoms with van der Waals surface area (Å²) in [7, 11) is 0. The van der Waals surface area contributed by atoms with Gasteiger partial charge in [-0.05, 0) is 62.7 Å². The quantitative estimate of drug-likeness (QED) is 0.364. The number of piperidine rings is 1. The number of aryl methyl sites for hydroxylation is 1. The molecule has 2 amide bonds. The van der Waals surface area contributed by atoms with Crippen molar-refractivity contribution in [2.45, 2.75) is 25.8 Å². The molecule has 0 unspecified atom stereocenters. The molecule has 1 saturated heterocycles. The zero-order valence-corrected chi connectivity index (χ0v) is 18.7. The summed E-state index contributed by atoms with van der Waals surface area (Å²) in [5.41, 5.74) is 9.54. The van der Waals surface area contributed by atoms with E-state index in [1.807, 2.05) is 29.8 Å². The number of nitrogen functional groups attached to an aromatic ring is 1. The Morgan fingerprint density at radius 3 is 2.74 bits per heavy atom. The second-order valence-electron chi connectivity index (χ2n) is 8.38. The fourth-order valence-corrected chi connectivity index (χ4v) is 4.27. The molecule has 2 aromatic heterocycles. The number of benzene rings is 2. The number of rotatable bonds is 4. The van der Waals surface area contributed by atoms with Crippen molar-refractivity contribution >= 4 is 34.3 Å². The van der Waals surface area contributed by atoms with Crippen LogP contribution >= 0.6 is 0 Å². The molecule has 0 atom stereocenters. The van der Waals surface area contributed by atoms with E-state index >= 15 is 4.39 Å². The molecule has 0 aliphatic carbocycles. The average molecular weight is 461 g/mol. The minimum Gasteiger partial charge on any atom is -0.383 e. The number of carbonyl (C=O) groups is 1. The zero-order chi connectivity index (χ0) is 23.7. The lowest BCUT2D eigenvalue weighted by Crippen LogP contribution is -2.30. The molecular formula is C24H25FN8O. The van der Waals surface area contributed by atoms with Crippen molar-refractivity contribution in [1.82, 2.24) is 25.1 Å². The Hall–Kier alpha value is -4.05. The van der Waals surface area contributed by atoms with Gasteiger partial charge in [-0.3, -0.25) is 0 Å². The van der Waals surface area contributed by atoms with Gasteiger partial charge in [0.25, 0.3) is 0 Å². The van der Waals surface area contributed by atoms with Crippen molar-refractivity contribution in [3.05, 3.63) is 60.2 Å². The third kappa shape index (κ3) is 4.27. The summed E-state index contributed by atoms with van der Waals surface area (Å²) >= 11 is 0. The van der Waals surface area contributed by atoms with E-state index in [1.165, 1.54) is 18.5 Å². The topological polar surface area (TPSA) is 123 Å². The third-order valence-electron chi connectivity index (χ3n) is 5.94. The monoisotopic (exact) mass is 460 g/mol. The molecule has 0 radical (unpaired) electrons. The molecule has 1 aliphatic rings. The summed E-state index contributed by atoms with van der Waals surface area (Å²) < 4.78 is 16.9. The summed E-state index contributed by atoms with van der Waals surface area (Å²) in [5, 5.41) is 14.0. The van der Waals surface area contributed by atoms with Crippen molar-refractivity contribution in [2.24, 2.45) is 0 Å². The van der Waals surface area contributed by atoms with Gasteiger partial charge in [-0.1, -0.05) is 18.2 Å². The zero-order valence-electron chi connectivity index (χ0n) is 18.7. The number of halogens is 1. The molecule has 1 fully saturated rings. The number of aromatic nitrogens is 4. The predicted molar refractivity (Wildman–Crippen MR) is 130 cm³/mol. The first-order chi connectivity index (χ1) is 16.5. The lowest BCUT2D eigenvalue weighted by atomic mass is 10.1. The van der Waals surface area contributed by atoms with E-state index in [0.29, 0.717) is 33.8 Å². The van der Waals surface area contributed by atoms with Gasteiger partial charge in [-0.2, -0.15) is 5.10 Å². The van der Waals surface area contributed by atoms with E-state index in [0.717, 1.165) is 31.5 Å². The predicted octanol–water partition coefficient (Wildman–Crippen LogP) is 4.09. The molecule has 5 N–H and O–H groups in total. The van der Waals surface area contributed by atoms with E-state index in [9.17, 15) is 4.79 Å². The van der Waals surface area contributed by atoms with Gasteiger partial charge in [0, 0.05) is 11.3 Å². The lowest BCUT2D eigenvalue weighted by Gasteiger charge is -2.23. The van der Waals surface area contributed by atoms with Crippen molar-refractivity contribution in [1.29, 1.82) is 0 Å². The highest BCUT2D eigenvalue weighted by Crippen LogP contribution is 2.34. The Kier molecular flexibility index (Phi) is 5.81. The van der Waals surface area contributed by atoms with E-state index in [-0.39, 0.29) is 11.7 Å². The summed E-state index contributed by atoms with van der Waals surface area (Å²) in [5.74, 6) is -0.294. The van der Waals surface area contributed by atoms with Crippen LogP contribution in [0.25, 0.3) is 22.3 Å². The van der Waals surface area contributed by atoms with Crippen LogP contribution < -0.4 is 21.7 Å². The first-order valence-corrected chi connectivity index (χ1v) is 11.1. The highest BCUT2D eigenvalue weighted by Gasteiger charge is 2.24. The van der Waals surface area contributed by atoms with Gasteiger partial charge < -0.3 is 21.7 Å².